The Morgan fingerprint density at radius 2 is 1.48 bits per heavy atom. The van der Waals surface area contributed by atoms with Crippen molar-refractivity contribution in [3.63, 3.8) is 0 Å². The fourth-order valence-corrected chi connectivity index (χ4v) is 4.12. The average Bonchev–Trinajstić information content (AvgIpc) is 3.18. The van der Waals surface area contributed by atoms with Gasteiger partial charge in [0.1, 0.15) is 0 Å². The van der Waals surface area contributed by atoms with Crippen LogP contribution in [-0.2, 0) is 10.0 Å². The molecule has 11 heteroatoms. The van der Waals surface area contributed by atoms with Gasteiger partial charge < -0.3 is 18.9 Å². The van der Waals surface area contributed by atoms with Crippen LogP contribution >= 0.6 is 15.9 Å². The van der Waals surface area contributed by atoms with E-state index in [1.165, 1.54) is 40.6 Å². The van der Waals surface area contributed by atoms with E-state index >= 15 is 0 Å². The molecule has 0 saturated carbocycles. The van der Waals surface area contributed by atoms with Gasteiger partial charge in [-0.1, -0.05) is 21.0 Å². The Hall–Kier alpha value is -2.79. The van der Waals surface area contributed by atoms with Crippen LogP contribution in [0.15, 0.2) is 45.8 Å². The highest BCUT2D eigenvalue weighted by Crippen LogP contribution is 2.41. The highest BCUT2D eigenvalue weighted by atomic mass is 79.9. The Bertz CT molecular complexity index is 1100. The van der Waals surface area contributed by atoms with Gasteiger partial charge in [-0.05, 0) is 36.4 Å². The maximum atomic E-state index is 13.2. The lowest BCUT2D eigenvalue weighted by molar-refractivity contribution is 0.324. The molecule has 2 aromatic carbocycles. The minimum Gasteiger partial charge on any atom is -0.493 e. The maximum Gasteiger partial charge on any atom is 0.336 e. The summed E-state index contributed by atoms with van der Waals surface area (Å²) in [5.41, 5.74) is 0.385. The molecule has 29 heavy (non-hydrogen) atoms. The number of nitrogens with zero attached hydrogens (tertiary/aromatic N) is 3. The summed E-state index contributed by atoms with van der Waals surface area (Å²) < 4.78 is 49.0. The van der Waals surface area contributed by atoms with Gasteiger partial charge in [0.25, 0.3) is 10.0 Å². The number of aromatic nitrogens is 3. The minimum atomic E-state index is -4.05. The molecule has 0 amide bonds. The number of rotatable bonds is 7. The molecule has 0 saturated heterocycles. The molecule has 0 bridgehead atoms. The Morgan fingerprint density at radius 1 is 0.897 bits per heavy atom. The smallest absolute Gasteiger partial charge is 0.336 e. The van der Waals surface area contributed by atoms with Gasteiger partial charge in [-0.15, -0.1) is 4.09 Å². The summed E-state index contributed by atoms with van der Waals surface area (Å²) in [6, 6.07) is 9.24. The first-order valence-corrected chi connectivity index (χ1v) is 10.4. The first kappa shape index (κ1) is 20.9. The van der Waals surface area contributed by atoms with E-state index in [4.69, 9.17) is 18.9 Å². The van der Waals surface area contributed by atoms with Gasteiger partial charge in [0, 0.05) is 10.0 Å². The van der Waals surface area contributed by atoms with Gasteiger partial charge in [-0.25, -0.2) is 0 Å². The molecule has 0 aliphatic heterocycles. The van der Waals surface area contributed by atoms with Crippen LogP contribution in [-0.4, -0.2) is 51.0 Å². The summed E-state index contributed by atoms with van der Waals surface area (Å²) in [7, 11) is 1.71. The van der Waals surface area contributed by atoms with E-state index < -0.39 is 10.0 Å². The van der Waals surface area contributed by atoms with E-state index in [9.17, 15) is 8.42 Å². The van der Waals surface area contributed by atoms with Crippen molar-refractivity contribution in [2.45, 2.75) is 4.90 Å². The molecule has 0 N–H and O–H groups in total. The number of hydrogen-bond donors (Lipinski definition) is 0. The number of ether oxygens (including phenoxy) is 4. The average molecular weight is 484 g/mol. The number of hydrogen-bond acceptors (Lipinski definition) is 8. The first-order valence-electron chi connectivity index (χ1n) is 8.18. The molecule has 3 rings (SSSR count). The molecular formula is C18H18BrN3O6S. The van der Waals surface area contributed by atoms with Crippen LogP contribution in [0.4, 0.5) is 0 Å². The van der Waals surface area contributed by atoms with E-state index in [1.54, 1.807) is 24.3 Å². The third kappa shape index (κ3) is 3.87. The molecule has 0 aliphatic carbocycles. The first-order chi connectivity index (χ1) is 13.8. The van der Waals surface area contributed by atoms with Crippen LogP contribution in [0.3, 0.4) is 0 Å². The second-order valence-electron chi connectivity index (χ2n) is 5.64. The SMILES string of the molecule is COc1nc(-c2cc(OC)c(OC)c(OC)c2)n(S(=O)(=O)c2ccc(Br)cc2)n1. The number of methoxy groups -OCH3 is 4. The topological polar surface area (TPSA) is 102 Å². The van der Waals surface area contributed by atoms with Gasteiger partial charge in [-0.3, -0.25) is 0 Å². The summed E-state index contributed by atoms with van der Waals surface area (Å²) in [4.78, 5) is 4.25. The van der Waals surface area contributed by atoms with Crippen molar-refractivity contribution in [2.24, 2.45) is 0 Å². The maximum absolute atomic E-state index is 13.2. The van der Waals surface area contributed by atoms with Crippen molar-refractivity contribution < 1.29 is 27.4 Å². The van der Waals surface area contributed by atoms with E-state index in [0.717, 1.165) is 8.56 Å². The van der Waals surface area contributed by atoms with E-state index in [-0.39, 0.29) is 16.7 Å². The second kappa shape index (κ2) is 8.29. The fourth-order valence-electron chi connectivity index (χ4n) is 2.63. The lowest BCUT2D eigenvalue weighted by Crippen LogP contribution is -2.16. The lowest BCUT2D eigenvalue weighted by atomic mass is 10.1. The second-order valence-corrected chi connectivity index (χ2v) is 8.32. The predicted octanol–water partition coefficient (Wildman–Crippen LogP) is 2.98. The highest BCUT2D eigenvalue weighted by Gasteiger charge is 2.27. The number of benzene rings is 2. The van der Waals surface area contributed by atoms with Crippen LogP contribution < -0.4 is 18.9 Å². The molecule has 0 fully saturated rings. The van der Waals surface area contributed by atoms with E-state index in [2.05, 4.69) is 26.0 Å². The zero-order valence-electron chi connectivity index (χ0n) is 16.0. The Morgan fingerprint density at radius 3 is 1.97 bits per heavy atom. The van der Waals surface area contributed by atoms with E-state index in [0.29, 0.717) is 22.8 Å². The lowest BCUT2D eigenvalue weighted by Gasteiger charge is -2.14. The van der Waals surface area contributed by atoms with Crippen molar-refractivity contribution in [3.8, 4) is 34.6 Å². The quantitative estimate of drug-likeness (QED) is 0.505. The summed E-state index contributed by atoms with van der Waals surface area (Å²) in [6.07, 6.45) is 0. The van der Waals surface area contributed by atoms with Crippen LogP contribution in [0, 0.1) is 0 Å². The Balaban J connectivity index is 2.25. The van der Waals surface area contributed by atoms with Gasteiger partial charge in [0.15, 0.2) is 17.3 Å². The zero-order valence-corrected chi connectivity index (χ0v) is 18.4. The van der Waals surface area contributed by atoms with Crippen molar-refractivity contribution in [1.29, 1.82) is 0 Å². The molecule has 0 spiro atoms. The largest absolute Gasteiger partial charge is 0.493 e. The Kier molecular flexibility index (Phi) is 5.99. The molecule has 0 atom stereocenters. The highest BCUT2D eigenvalue weighted by molar-refractivity contribution is 9.10. The number of halogens is 1. The van der Waals surface area contributed by atoms with E-state index in [1.807, 2.05) is 0 Å². The molecule has 1 aromatic heterocycles. The molecule has 154 valence electrons. The minimum absolute atomic E-state index is 0.0315. The molecule has 3 aromatic rings. The monoisotopic (exact) mass is 483 g/mol. The normalized spacial score (nSPS) is 11.2. The molecular weight excluding hydrogens is 466 g/mol. The van der Waals surface area contributed by atoms with Crippen LogP contribution in [0.2, 0.25) is 0 Å². The van der Waals surface area contributed by atoms with Gasteiger partial charge >= 0.3 is 6.01 Å². The molecule has 9 nitrogen and oxygen atoms in total. The third-order valence-electron chi connectivity index (χ3n) is 4.00. The van der Waals surface area contributed by atoms with Crippen molar-refractivity contribution in [1.82, 2.24) is 14.2 Å². The van der Waals surface area contributed by atoms with Crippen molar-refractivity contribution in [2.75, 3.05) is 28.4 Å². The van der Waals surface area contributed by atoms with Crippen LogP contribution in [0.25, 0.3) is 11.4 Å². The Labute approximate surface area is 176 Å². The summed E-state index contributed by atoms with van der Waals surface area (Å²) in [6.45, 7) is 0. The zero-order chi connectivity index (χ0) is 21.2. The van der Waals surface area contributed by atoms with Gasteiger partial charge in [0.05, 0.1) is 33.3 Å². The third-order valence-corrected chi connectivity index (χ3v) is 6.11. The summed E-state index contributed by atoms with van der Waals surface area (Å²) in [5.74, 6) is 1.09. The van der Waals surface area contributed by atoms with Crippen LogP contribution in [0.1, 0.15) is 0 Å². The molecule has 0 radical (unpaired) electrons. The van der Waals surface area contributed by atoms with Gasteiger partial charge in [-0.2, -0.15) is 13.4 Å². The van der Waals surface area contributed by atoms with Gasteiger partial charge in [0.2, 0.25) is 5.75 Å². The fraction of sp³-hybridized carbons (Fsp3) is 0.222. The summed E-state index contributed by atoms with van der Waals surface area (Å²) in [5, 5.41) is 4.00. The van der Waals surface area contributed by atoms with Crippen LogP contribution in [0.5, 0.6) is 23.3 Å². The predicted molar refractivity (Wildman–Crippen MR) is 108 cm³/mol. The van der Waals surface area contributed by atoms with Crippen molar-refractivity contribution >= 4 is 26.0 Å². The molecule has 0 unspecified atom stereocenters. The standard InChI is InChI=1S/C18H18BrN3O6S/c1-25-14-9-11(10-15(26-2)16(14)27-3)17-20-18(28-4)21-22(17)29(23,24)13-7-5-12(19)6-8-13/h5-10H,1-4H3. The van der Waals surface area contributed by atoms with Crippen molar-refractivity contribution in [3.05, 3.63) is 40.9 Å². The molecule has 0 aliphatic rings. The summed E-state index contributed by atoms with van der Waals surface area (Å²) >= 11 is 3.29. The molecule has 1 heterocycles.